The van der Waals surface area contributed by atoms with E-state index in [0.717, 1.165) is 0 Å². The van der Waals surface area contributed by atoms with Gasteiger partial charge in [0.25, 0.3) is 5.91 Å². The van der Waals surface area contributed by atoms with Gasteiger partial charge in [-0.2, -0.15) is 0 Å². The molecule has 0 fully saturated rings. The van der Waals surface area contributed by atoms with Gasteiger partial charge in [-0.25, -0.2) is 0 Å². The van der Waals surface area contributed by atoms with Gasteiger partial charge in [-0.05, 0) is 12.1 Å². The van der Waals surface area contributed by atoms with Crippen LogP contribution < -0.4 is 15.0 Å². The number of carbonyl (C=O) groups excluding carboxylic acids is 2. The Kier molecular flexibility index (Phi) is 2.99. The second kappa shape index (κ2) is 4.45. The van der Waals surface area contributed by atoms with Gasteiger partial charge >= 0.3 is 0 Å². The Morgan fingerprint density at radius 3 is 2.88 bits per heavy atom. The number of amides is 2. The molecule has 1 aromatic rings. The maximum Gasteiger partial charge on any atom is 0.253 e. The van der Waals surface area contributed by atoms with Gasteiger partial charge in [-0.15, -0.1) is 0 Å². The zero-order valence-electron chi connectivity index (χ0n) is 9.82. The van der Waals surface area contributed by atoms with Crippen LogP contribution in [-0.4, -0.2) is 32.0 Å². The molecular weight excluding hydrogens is 220 g/mol. The number of hydrogen-bond donors (Lipinski definition) is 1. The molecule has 0 aliphatic carbocycles. The first-order chi connectivity index (χ1) is 8.13. The number of methoxy groups -OCH3 is 1. The lowest BCUT2D eigenvalue weighted by Crippen LogP contribution is -2.33. The maximum atomic E-state index is 11.8. The number of nitrogens with one attached hydrogen (secondary N) is 1. The molecule has 1 aliphatic heterocycles. The molecule has 2 rings (SSSR count). The van der Waals surface area contributed by atoms with E-state index in [0.29, 0.717) is 30.1 Å². The summed E-state index contributed by atoms with van der Waals surface area (Å²) in [5.41, 5.74) is 1.10. The Morgan fingerprint density at radius 1 is 1.47 bits per heavy atom. The van der Waals surface area contributed by atoms with Gasteiger partial charge in [-0.1, -0.05) is 0 Å². The van der Waals surface area contributed by atoms with Gasteiger partial charge in [-0.3, -0.25) is 9.59 Å². The predicted octanol–water partition coefficient (Wildman–Crippen LogP) is 0.792. The molecule has 0 bridgehead atoms. The third-order valence-corrected chi connectivity index (χ3v) is 2.74. The van der Waals surface area contributed by atoms with E-state index in [-0.39, 0.29) is 11.8 Å². The SMILES string of the molecule is COc1ccc2c(c1)N(C(C)=O)CCNC2=O. The lowest BCUT2D eigenvalue weighted by Gasteiger charge is -2.20. The number of hydrogen-bond acceptors (Lipinski definition) is 3. The standard InChI is InChI=1S/C12H14N2O3/c1-8(15)14-6-5-13-12(16)10-4-3-9(17-2)7-11(10)14/h3-4,7H,5-6H2,1-2H3,(H,13,16). The van der Waals surface area contributed by atoms with Crippen molar-refractivity contribution in [1.29, 1.82) is 0 Å². The van der Waals surface area contributed by atoms with Crippen LogP contribution in [0.5, 0.6) is 5.75 Å². The summed E-state index contributed by atoms with van der Waals surface area (Å²) in [5.74, 6) is 0.382. The van der Waals surface area contributed by atoms with Crippen molar-refractivity contribution in [3.05, 3.63) is 23.8 Å². The third kappa shape index (κ3) is 2.08. The van der Waals surface area contributed by atoms with Crippen LogP contribution >= 0.6 is 0 Å². The third-order valence-electron chi connectivity index (χ3n) is 2.74. The fraction of sp³-hybridized carbons (Fsp3) is 0.333. The number of carbonyl (C=O) groups is 2. The maximum absolute atomic E-state index is 11.8. The molecule has 1 N–H and O–H groups in total. The first-order valence-electron chi connectivity index (χ1n) is 5.38. The number of fused-ring (bicyclic) bond motifs is 1. The molecule has 5 nitrogen and oxygen atoms in total. The molecule has 90 valence electrons. The highest BCUT2D eigenvalue weighted by molar-refractivity contribution is 6.05. The van der Waals surface area contributed by atoms with E-state index >= 15 is 0 Å². The molecule has 1 heterocycles. The van der Waals surface area contributed by atoms with Gasteiger partial charge in [0.05, 0.1) is 18.4 Å². The smallest absolute Gasteiger partial charge is 0.253 e. The summed E-state index contributed by atoms with van der Waals surface area (Å²) < 4.78 is 5.11. The molecule has 0 atom stereocenters. The van der Waals surface area contributed by atoms with Crippen molar-refractivity contribution >= 4 is 17.5 Å². The largest absolute Gasteiger partial charge is 0.497 e. The minimum absolute atomic E-state index is 0.0870. The highest BCUT2D eigenvalue weighted by Gasteiger charge is 2.23. The Hall–Kier alpha value is -2.04. The topological polar surface area (TPSA) is 58.6 Å². The van der Waals surface area contributed by atoms with Crippen LogP contribution in [0.15, 0.2) is 18.2 Å². The van der Waals surface area contributed by atoms with Gasteiger partial charge in [0, 0.05) is 26.1 Å². The zero-order chi connectivity index (χ0) is 12.4. The van der Waals surface area contributed by atoms with Crippen LogP contribution in [0.25, 0.3) is 0 Å². The summed E-state index contributed by atoms with van der Waals surface area (Å²) in [4.78, 5) is 24.9. The quantitative estimate of drug-likeness (QED) is 0.781. The summed E-state index contributed by atoms with van der Waals surface area (Å²) in [6.07, 6.45) is 0. The van der Waals surface area contributed by atoms with E-state index in [1.807, 2.05) is 0 Å². The second-order valence-electron chi connectivity index (χ2n) is 3.81. The lowest BCUT2D eigenvalue weighted by atomic mass is 10.1. The molecule has 1 aromatic carbocycles. The fourth-order valence-electron chi connectivity index (χ4n) is 1.88. The molecular formula is C12H14N2O3. The summed E-state index contributed by atoms with van der Waals surface area (Å²) in [7, 11) is 1.55. The average Bonchev–Trinajstić information content (AvgIpc) is 2.48. The van der Waals surface area contributed by atoms with Crippen molar-refractivity contribution in [3.8, 4) is 5.75 Å². The van der Waals surface area contributed by atoms with E-state index < -0.39 is 0 Å². The molecule has 17 heavy (non-hydrogen) atoms. The van der Waals surface area contributed by atoms with Crippen molar-refractivity contribution in [2.24, 2.45) is 0 Å². The van der Waals surface area contributed by atoms with E-state index in [1.165, 1.54) is 6.92 Å². The molecule has 0 saturated heterocycles. The molecule has 0 radical (unpaired) electrons. The summed E-state index contributed by atoms with van der Waals surface area (Å²) >= 11 is 0. The van der Waals surface area contributed by atoms with Gasteiger partial charge in [0.1, 0.15) is 5.75 Å². The lowest BCUT2D eigenvalue weighted by molar-refractivity contribution is -0.116. The van der Waals surface area contributed by atoms with Crippen LogP contribution in [0.3, 0.4) is 0 Å². The van der Waals surface area contributed by atoms with Crippen LogP contribution in [0.1, 0.15) is 17.3 Å². The van der Waals surface area contributed by atoms with E-state index in [4.69, 9.17) is 4.74 Å². The molecule has 0 spiro atoms. The number of benzene rings is 1. The Bertz CT molecular complexity index is 471. The van der Waals surface area contributed by atoms with Crippen LogP contribution in [0.4, 0.5) is 5.69 Å². The van der Waals surface area contributed by atoms with Crippen LogP contribution in [-0.2, 0) is 4.79 Å². The van der Waals surface area contributed by atoms with Crippen molar-refractivity contribution in [2.45, 2.75) is 6.92 Å². The molecule has 0 saturated carbocycles. The van der Waals surface area contributed by atoms with E-state index in [2.05, 4.69) is 5.32 Å². The van der Waals surface area contributed by atoms with Crippen molar-refractivity contribution < 1.29 is 14.3 Å². The van der Waals surface area contributed by atoms with E-state index in [1.54, 1.807) is 30.2 Å². The van der Waals surface area contributed by atoms with Crippen LogP contribution in [0, 0.1) is 0 Å². The summed E-state index contributed by atoms with van der Waals surface area (Å²) in [6, 6.07) is 5.09. The molecule has 2 amide bonds. The fourth-order valence-corrected chi connectivity index (χ4v) is 1.88. The van der Waals surface area contributed by atoms with Gasteiger partial charge in [0.2, 0.25) is 5.91 Å². The molecule has 5 heteroatoms. The van der Waals surface area contributed by atoms with Crippen molar-refractivity contribution in [2.75, 3.05) is 25.1 Å². The minimum atomic E-state index is -0.161. The number of ether oxygens (including phenoxy) is 1. The number of rotatable bonds is 1. The normalized spacial score (nSPS) is 14.7. The summed E-state index contributed by atoms with van der Waals surface area (Å²) in [6.45, 7) is 2.41. The predicted molar refractivity (Wildman–Crippen MR) is 63.4 cm³/mol. The Morgan fingerprint density at radius 2 is 2.24 bits per heavy atom. The first-order valence-corrected chi connectivity index (χ1v) is 5.38. The first kappa shape index (κ1) is 11.4. The van der Waals surface area contributed by atoms with Crippen LogP contribution in [0.2, 0.25) is 0 Å². The summed E-state index contributed by atoms with van der Waals surface area (Å²) in [5, 5.41) is 2.75. The van der Waals surface area contributed by atoms with Gasteiger partial charge < -0.3 is 15.0 Å². The van der Waals surface area contributed by atoms with Gasteiger partial charge in [0.15, 0.2) is 0 Å². The average molecular weight is 234 g/mol. The Labute approximate surface area is 99.4 Å². The van der Waals surface area contributed by atoms with Crippen molar-refractivity contribution in [1.82, 2.24) is 5.32 Å². The van der Waals surface area contributed by atoms with Crippen molar-refractivity contribution in [3.63, 3.8) is 0 Å². The monoisotopic (exact) mass is 234 g/mol. The highest BCUT2D eigenvalue weighted by Crippen LogP contribution is 2.27. The Balaban J connectivity index is 2.55. The number of nitrogens with zero attached hydrogens (tertiary/aromatic N) is 1. The molecule has 0 aromatic heterocycles. The minimum Gasteiger partial charge on any atom is -0.497 e. The molecule has 0 unspecified atom stereocenters. The van der Waals surface area contributed by atoms with E-state index in [9.17, 15) is 9.59 Å². The molecule has 1 aliphatic rings. The highest BCUT2D eigenvalue weighted by atomic mass is 16.5. The zero-order valence-corrected chi connectivity index (χ0v) is 9.82. The second-order valence-corrected chi connectivity index (χ2v) is 3.81. The number of anilines is 1.